The predicted octanol–water partition coefficient (Wildman–Crippen LogP) is 2.30. The first-order valence-corrected chi connectivity index (χ1v) is 7.76. The largest absolute Gasteiger partial charge is 0.353 e. The van der Waals surface area contributed by atoms with Gasteiger partial charge in [-0.1, -0.05) is 35.0 Å². The molecule has 20 heavy (non-hydrogen) atoms. The second-order valence-corrected chi connectivity index (χ2v) is 6.01. The molecule has 0 radical (unpaired) electrons. The summed E-state index contributed by atoms with van der Waals surface area (Å²) in [4.78, 5) is 14.0. The highest BCUT2D eigenvalue weighted by Crippen LogP contribution is 2.22. The SMILES string of the molecule is CCN(CC(=O)NC(C)C)C(CN)c1cccc(Br)c1. The van der Waals surface area contributed by atoms with E-state index >= 15 is 0 Å². The Morgan fingerprint density at radius 3 is 2.65 bits per heavy atom. The topological polar surface area (TPSA) is 58.4 Å². The summed E-state index contributed by atoms with van der Waals surface area (Å²) in [7, 11) is 0. The molecule has 0 aliphatic heterocycles. The van der Waals surface area contributed by atoms with Gasteiger partial charge in [0.2, 0.25) is 5.91 Å². The Morgan fingerprint density at radius 1 is 1.45 bits per heavy atom. The number of likely N-dealkylation sites (N-methyl/N-ethyl adjacent to an activating group) is 1. The van der Waals surface area contributed by atoms with Crippen molar-refractivity contribution in [2.75, 3.05) is 19.6 Å². The molecule has 0 saturated carbocycles. The fourth-order valence-corrected chi connectivity index (χ4v) is 2.62. The average molecular weight is 342 g/mol. The Kier molecular flexibility index (Phi) is 7.19. The molecule has 0 saturated heterocycles. The smallest absolute Gasteiger partial charge is 0.234 e. The second kappa shape index (κ2) is 8.39. The van der Waals surface area contributed by atoms with Gasteiger partial charge in [-0.3, -0.25) is 9.69 Å². The van der Waals surface area contributed by atoms with E-state index in [1.807, 2.05) is 39.0 Å². The van der Waals surface area contributed by atoms with Gasteiger partial charge in [0, 0.05) is 23.1 Å². The van der Waals surface area contributed by atoms with Crippen LogP contribution in [0.2, 0.25) is 0 Å². The lowest BCUT2D eigenvalue weighted by Gasteiger charge is -2.30. The minimum Gasteiger partial charge on any atom is -0.353 e. The third kappa shape index (κ3) is 5.23. The van der Waals surface area contributed by atoms with Gasteiger partial charge in [-0.15, -0.1) is 0 Å². The first kappa shape index (κ1) is 17.1. The molecule has 0 bridgehead atoms. The molecule has 1 rings (SSSR count). The van der Waals surface area contributed by atoms with Gasteiger partial charge >= 0.3 is 0 Å². The molecular weight excluding hydrogens is 318 g/mol. The monoisotopic (exact) mass is 341 g/mol. The first-order valence-electron chi connectivity index (χ1n) is 6.96. The van der Waals surface area contributed by atoms with E-state index in [1.165, 1.54) is 0 Å². The van der Waals surface area contributed by atoms with Crippen molar-refractivity contribution in [3.05, 3.63) is 34.3 Å². The van der Waals surface area contributed by atoms with Crippen molar-refractivity contribution >= 4 is 21.8 Å². The van der Waals surface area contributed by atoms with Crippen LogP contribution in [0.25, 0.3) is 0 Å². The molecular formula is C15H24BrN3O. The molecule has 5 heteroatoms. The minimum atomic E-state index is 0.0373. The van der Waals surface area contributed by atoms with Crippen molar-refractivity contribution in [2.24, 2.45) is 5.73 Å². The zero-order valence-corrected chi connectivity index (χ0v) is 14.0. The molecule has 0 aromatic heterocycles. The number of nitrogens with two attached hydrogens (primary N) is 1. The second-order valence-electron chi connectivity index (χ2n) is 5.09. The van der Waals surface area contributed by atoms with Crippen molar-refractivity contribution < 1.29 is 4.79 Å². The van der Waals surface area contributed by atoms with E-state index in [0.717, 1.165) is 16.6 Å². The maximum Gasteiger partial charge on any atom is 0.234 e. The molecule has 1 amide bonds. The quantitative estimate of drug-likeness (QED) is 0.799. The number of hydrogen-bond acceptors (Lipinski definition) is 3. The number of carbonyl (C=O) groups excluding carboxylic acids is 1. The highest BCUT2D eigenvalue weighted by molar-refractivity contribution is 9.10. The lowest BCUT2D eigenvalue weighted by molar-refractivity contribution is -0.123. The van der Waals surface area contributed by atoms with E-state index in [0.29, 0.717) is 13.1 Å². The number of carbonyl (C=O) groups is 1. The molecule has 4 nitrogen and oxygen atoms in total. The molecule has 1 aromatic carbocycles. The van der Waals surface area contributed by atoms with E-state index in [9.17, 15) is 4.79 Å². The van der Waals surface area contributed by atoms with Crippen LogP contribution in [0, 0.1) is 0 Å². The zero-order chi connectivity index (χ0) is 15.1. The Balaban J connectivity index is 2.82. The minimum absolute atomic E-state index is 0.0373. The number of benzene rings is 1. The van der Waals surface area contributed by atoms with E-state index in [1.54, 1.807) is 0 Å². The Labute approximate surface area is 129 Å². The molecule has 112 valence electrons. The predicted molar refractivity (Wildman–Crippen MR) is 86.5 cm³/mol. The van der Waals surface area contributed by atoms with Crippen molar-refractivity contribution in [3.8, 4) is 0 Å². The standard InChI is InChI=1S/C15H24BrN3O/c1-4-19(10-15(20)18-11(2)3)14(9-17)12-6-5-7-13(16)8-12/h5-8,11,14H,4,9-10,17H2,1-3H3,(H,18,20). The third-order valence-corrected chi connectivity index (χ3v) is 3.59. The fourth-order valence-electron chi connectivity index (χ4n) is 2.20. The molecule has 0 aliphatic carbocycles. The van der Waals surface area contributed by atoms with Gasteiger partial charge in [0.05, 0.1) is 6.54 Å². The van der Waals surface area contributed by atoms with Gasteiger partial charge in [0.25, 0.3) is 0 Å². The highest BCUT2D eigenvalue weighted by atomic mass is 79.9. The summed E-state index contributed by atoms with van der Waals surface area (Å²) in [5, 5.41) is 2.92. The number of nitrogens with zero attached hydrogens (tertiary/aromatic N) is 1. The van der Waals surface area contributed by atoms with Crippen LogP contribution in [0.4, 0.5) is 0 Å². The fraction of sp³-hybridized carbons (Fsp3) is 0.533. The van der Waals surface area contributed by atoms with Crippen LogP contribution >= 0.6 is 15.9 Å². The van der Waals surface area contributed by atoms with Crippen LogP contribution < -0.4 is 11.1 Å². The summed E-state index contributed by atoms with van der Waals surface area (Å²) in [6, 6.07) is 8.29. The summed E-state index contributed by atoms with van der Waals surface area (Å²) >= 11 is 3.48. The van der Waals surface area contributed by atoms with Gasteiger partial charge in [-0.25, -0.2) is 0 Å². The highest BCUT2D eigenvalue weighted by Gasteiger charge is 2.20. The summed E-state index contributed by atoms with van der Waals surface area (Å²) in [6.45, 7) is 7.59. The maximum atomic E-state index is 11.9. The third-order valence-electron chi connectivity index (χ3n) is 3.10. The molecule has 0 aliphatic rings. The van der Waals surface area contributed by atoms with Crippen LogP contribution in [0.15, 0.2) is 28.7 Å². The molecule has 0 spiro atoms. The van der Waals surface area contributed by atoms with Crippen LogP contribution in [0.3, 0.4) is 0 Å². The Morgan fingerprint density at radius 2 is 2.15 bits per heavy atom. The average Bonchev–Trinajstić information content (AvgIpc) is 2.37. The summed E-state index contributed by atoms with van der Waals surface area (Å²) in [5.41, 5.74) is 7.05. The van der Waals surface area contributed by atoms with Crippen LogP contribution in [-0.2, 0) is 4.79 Å². The molecule has 3 N–H and O–H groups in total. The van der Waals surface area contributed by atoms with Gasteiger partial charge < -0.3 is 11.1 Å². The van der Waals surface area contributed by atoms with Crippen molar-refractivity contribution in [2.45, 2.75) is 32.9 Å². The van der Waals surface area contributed by atoms with Gasteiger partial charge in [-0.2, -0.15) is 0 Å². The summed E-state index contributed by atoms with van der Waals surface area (Å²) < 4.78 is 1.02. The molecule has 0 heterocycles. The van der Waals surface area contributed by atoms with E-state index in [4.69, 9.17) is 5.73 Å². The number of amides is 1. The Bertz CT molecular complexity index is 437. The lowest BCUT2D eigenvalue weighted by Crippen LogP contribution is -2.43. The number of nitrogens with one attached hydrogen (secondary N) is 1. The number of rotatable bonds is 7. The zero-order valence-electron chi connectivity index (χ0n) is 12.4. The van der Waals surface area contributed by atoms with E-state index < -0.39 is 0 Å². The van der Waals surface area contributed by atoms with E-state index in [-0.39, 0.29) is 18.0 Å². The van der Waals surface area contributed by atoms with Gasteiger partial charge in [-0.05, 0) is 38.1 Å². The van der Waals surface area contributed by atoms with Crippen molar-refractivity contribution in [1.29, 1.82) is 0 Å². The van der Waals surface area contributed by atoms with Gasteiger partial charge in [0.1, 0.15) is 0 Å². The number of halogens is 1. The summed E-state index contributed by atoms with van der Waals surface area (Å²) in [5.74, 6) is 0.0373. The summed E-state index contributed by atoms with van der Waals surface area (Å²) in [6.07, 6.45) is 0. The van der Waals surface area contributed by atoms with Crippen molar-refractivity contribution in [3.63, 3.8) is 0 Å². The molecule has 1 atom stereocenters. The van der Waals surface area contributed by atoms with E-state index in [2.05, 4.69) is 32.2 Å². The Hall–Kier alpha value is -0.910. The molecule has 1 aromatic rings. The normalized spacial score (nSPS) is 12.8. The molecule has 1 unspecified atom stereocenters. The first-order chi connectivity index (χ1) is 9.47. The number of hydrogen-bond donors (Lipinski definition) is 2. The molecule has 0 fully saturated rings. The lowest BCUT2D eigenvalue weighted by atomic mass is 10.1. The van der Waals surface area contributed by atoms with Gasteiger partial charge in [0.15, 0.2) is 0 Å². The van der Waals surface area contributed by atoms with Crippen LogP contribution in [0.5, 0.6) is 0 Å². The maximum absolute atomic E-state index is 11.9. The van der Waals surface area contributed by atoms with Crippen molar-refractivity contribution in [1.82, 2.24) is 10.2 Å². The van der Waals surface area contributed by atoms with Crippen LogP contribution in [0.1, 0.15) is 32.4 Å². The van der Waals surface area contributed by atoms with Crippen LogP contribution in [-0.4, -0.2) is 36.5 Å².